The Balaban J connectivity index is 1.55. The van der Waals surface area contributed by atoms with Crippen LogP contribution in [0.5, 0.6) is 0 Å². The van der Waals surface area contributed by atoms with Crippen LogP contribution in [0.1, 0.15) is 71.7 Å². The van der Waals surface area contributed by atoms with E-state index in [-0.39, 0.29) is 33.9 Å². The standard InChI is InChI=1S/C24H28N4O4S/c1-14-9-15(2)27-24(30)20(14)12-25-23(29)19-10-18(33(31,32)17-7-8-17)11-22-21(19)13-26-28(22)16-5-3-4-6-16/h9-11,13,16-17H,3-8,12H2,1-2H3,(H,25,29)(H,27,30). The molecule has 2 aliphatic carbocycles. The van der Waals surface area contributed by atoms with Crippen LogP contribution in [-0.4, -0.2) is 34.3 Å². The minimum absolute atomic E-state index is 0.0537. The first-order valence-electron chi connectivity index (χ1n) is 11.5. The van der Waals surface area contributed by atoms with Gasteiger partial charge in [0.2, 0.25) is 0 Å². The number of pyridine rings is 1. The Morgan fingerprint density at radius 3 is 2.55 bits per heavy atom. The van der Waals surface area contributed by atoms with Crippen molar-refractivity contribution in [2.75, 3.05) is 0 Å². The summed E-state index contributed by atoms with van der Waals surface area (Å²) in [5, 5.41) is 7.62. The van der Waals surface area contributed by atoms with E-state index in [0.717, 1.165) is 36.9 Å². The Morgan fingerprint density at radius 1 is 1.15 bits per heavy atom. The summed E-state index contributed by atoms with van der Waals surface area (Å²) in [5.41, 5.74) is 2.74. The molecule has 0 bridgehead atoms. The smallest absolute Gasteiger partial charge is 0.253 e. The van der Waals surface area contributed by atoms with Crippen molar-refractivity contribution in [1.29, 1.82) is 0 Å². The van der Waals surface area contributed by atoms with Crippen LogP contribution < -0.4 is 10.9 Å². The summed E-state index contributed by atoms with van der Waals surface area (Å²) >= 11 is 0. The van der Waals surface area contributed by atoms with Crippen LogP contribution in [0.15, 0.2) is 34.1 Å². The normalized spacial score (nSPS) is 17.0. The fourth-order valence-electron chi connectivity index (χ4n) is 4.85. The molecule has 8 nitrogen and oxygen atoms in total. The third-order valence-electron chi connectivity index (χ3n) is 6.82. The quantitative estimate of drug-likeness (QED) is 0.576. The van der Waals surface area contributed by atoms with Crippen molar-refractivity contribution in [2.24, 2.45) is 0 Å². The number of sulfone groups is 1. The number of fused-ring (bicyclic) bond motifs is 1. The van der Waals surface area contributed by atoms with Gasteiger partial charge in [0, 0.05) is 23.2 Å². The molecule has 2 heterocycles. The van der Waals surface area contributed by atoms with Crippen molar-refractivity contribution in [3.8, 4) is 0 Å². The third-order valence-corrected chi connectivity index (χ3v) is 9.06. The summed E-state index contributed by atoms with van der Waals surface area (Å²) in [6.07, 6.45) is 7.17. The maximum Gasteiger partial charge on any atom is 0.253 e. The summed E-state index contributed by atoms with van der Waals surface area (Å²) in [4.78, 5) is 28.5. The molecule has 1 amide bonds. The molecule has 2 aliphatic rings. The van der Waals surface area contributed by atoms with Gasteiger partial charge in [0.05, 0.1) is 33.5 Å². The first kappa shape index (κ1) is 21.9. The minimum atomic E-state index is -3.49. The lowest BCUT2D eigenvalue weighted by molar-refractivity contribution is 0.0952. The van der Waals surface area contributed by atoms with E-state index in [4.69, 9.17) is 0 Å². The van der Waals surface area contributed by atoms with Crippen molar-refractivity contribution < 1.29 is 13.2 Å². The Kier molecular flexibility index (Phi) is 5.39. The molecular formula is C24H28N4O4S. The number of hydrogen-bond acceptors (Lipinski definition) is 5. The molecule has 2 N–H and O–H groups in total. The molecular weight excluding hydrogens is 440 g/mol. The number of H-pyrrole nitrogens is 1. The first-order valence-corrected chi connectivity index (χ1v) is 13.0. The topological polar surface area (TPSA) is 114 Å². The molecule has 0 saturated heterocycles. The van der Waals surface area contributed by atoms with Crippen molar-refractivity contribution in [3.63, 3.8) is 0 Å². The van der Waals surface area contributed by atoms with Crippen LogP contribution in [0.25, 0.3) is 10.9 Å². The van der Waals surface area contributed by atoms with E-state index in [1.807, 2.05) is 17.7 Å². The first-order chi connectivity index (χ1) is 15.8. The average Bonchev–Trinajstić information content (AvgIpc) is 3.33. The summed E-state index contributed by atoms with van der Waals surface area (Å²) in [7, 11) is -3.49. The van der Waals surface area contributed by atoms with Gasteiger partial charge in [0.1, 0.15) is 0 Å². The second kappa shape index (κ2) is 8.13. The van der Waals surface area contributed by atoms with Crippen molar-refractivity contribution in [3.05, 3.63) is 57.1 Å². The van der Waals surface area contributed by atoms with Gasteiger partial charge in [-0.15, -0.1) is 0 Å². The Morgan fingerprint density at radius 2 is 1.88 bits per heavy atom. The molecule has 5 rings (SSSR count). The minimum Gasteiger partial charge on any atom is -0.348 e. The van der Waals surface area contributed by atoms with Gasteiger partial charge < -0.3 is 10.3 Å². The lowest BCUT2D eigenvalue weighted by atomic mass is 10.1. The fraction of sp³-hybridized carbons (Fsp3) is 0.458. The van der Waals surface area contributed by atoms with Gasteiger partial charge in [-0.1, -0.05) is 12.8 Å². The largest absolute Gasteiger partial charge is 0.348 e. The highest BCUT2D eigenvalue weighted by Gasteiger charge is 2.38. The summed E-state index contributed by atoms with van der Waals surface area (Å²) < 4.78 is 28.0. The van der Waals surface area contributed by atoms with Crippen molar-refractivity contribution in [2.45, 2.75) is 75.1 Å². The van der Waals surface area contributed by atoms with Crippen molar-refractivity contribution >= 4 is 26.6 Å². The van der Waals surface area contributed by atoms with Gasteiger partial charge in [0.25, 0.3) is 11.5 Å². The summed E-state index contributed by atoms with van der Waals surface area (Å²) in [6.45, 7) is 3.69. The monoisotopic (exact) mass is 468 g/mol. The van der Waals surface area contributed by atoms with Gasteiger partial charge in [-0.3, -0.25) is 14.3 Å². The zero-order chi connectivity index (χ0) is 23.3. The summed E-state index contributed by atoms with van der Waals surface area (Å²) in [6, 6.07) is 5.22. The average molecular weight is 469 g/mol. The van der Waals surface area contributed by atoms with Crippen LogP contribution in [0.2, 0.25) is 0 Å². The number of nitrogens with zero attached hydrogens (tertiary/aromatic N) is 2. The zero-order valence-electron chi connectivity index (χ0n) is 18.8. The molecule has 3 aromatic rings. The number of carbonyl (C=O) groups excluding carboxylic acids is 1. The molecule has 2 fully saturated rings. The number of carbonyl (C=O) groups is 1. The van der Waals surface area contributed by atoms with E-state index >= 15 is 0 Å². The van der Waals surface area contributed by atoms with Gasteiger partial charge >= 0.3 is 0 Å². The van der Waals surface area contributed by atoms with E-state index in [0.29, 0.717) is 29.3 Å². The number of hydrogen-bond donors (Lipinski definition) is 2. The second-order valence-electron chi connectivity index (χ2n) is 9.30. The SMILES string of the molecule is Cc1cc(C)c(CNC(=O)c2cc(S(=O)(=O)C3CC3)cc3c2cnn3C2CCCC2)c(=O)[nH]1. The number of aromatic amines is 1. The van der Waals surface area contributed by atoms with Gasteiger partial charge in [-0.2, -0.15) is 5.10 Å². The van der Waals surface area contributed by atoms with Crippen LogP contribution in [-0.2, 0) is 16.4 Å². The maximum atomic E-state index is 13.3. The van der Waals surface area contributed by atoms with E-state index in [9.17, 15) is 18.0 Å². The summed E-state index contributed by atoms with van der Waals surface area (Å²) in [5.74, 6) is -0.418. The van der Waals surface area contributed by atoms with Crippen LogP contribution in [0.4, 0.5) is 0 Å². The predicted molar refractivity (Wildman–Crippen MR) is 125 cm³/mol. The second-order valence-corrected chi connectivity index (χ2v) is 11.5. The van der Waals surface area contributed by atoms with Crippen molar-refractivity contribution in [1.82, 2.24) is 20.1 Å². The number of amides is 1. The maximum absolute atomic E-state index is 13.3. The molecule has 2 saturated carbocycles. The fourth-order valence-corrected chi connectivity index (χ4v) is 6.55. The molecule has 2 aromatic heterocycles. The zero-order valence-corrected chi connectivity index (χ0v) is 19.7. The highest BCUT2D eigenvalue weighted by molar-refractivity contribution is 7.92. The van der Waals surface area contributed by atoms with E-state index < -0.39 is 15.7 Å². The number of nitrogens with one attached hydrogen (secondary N) is 2. The molecule has 9 heteroatoms. The highest BCUT2D eigenvalue weighted by Crippen LogP contribution is 2.37. The Hall–Kier alpha value is -2.94. The van der Waals surface area contributed by atoms with Gasteiger partial charge in [-0.05, 0) is 63.3 Å². The molecule has 174 valence electrons. The van der Waals surface area contributed by atoms with E-state index in [1.54, 1.807) is 19.2 Å². The van der Waals surface area contributed by atoms with Crippen LogP contribution in [0.3, 0.4) is 0 Å². The lowest BCUT2D eigenvalue weighted by Gasteiger charge is -2.14. The third kappa shape index (κ3) is 3.99. The highest BCUT2D eigenvalue weighted by atomic mass is 32.2. The van der Waals surface area contributed by atoms with E-state index in [1.165, 1.54) is 6.07 Å². The number of rotatable bonds is 6. The molecule has 0 unspecified atom stereocenters. The molecule has 33 heavy (non-hydrogen) atoms. The lowest BCUT2D eigenvalue weighted by Crippen LogP contribution is -2.28. The molecule has 1 aromatic carbocycles. The van der Waals surface area contributed by atoms with Crippen LogP contribution in [0, 0.1) is 13.8 Å². The van der Waals surface area contributed by atoms with E-state index in [2.05, 4.69) is 15.4 Å². The Labute approximate surface area is 192 Å². The van der Waals surface area contributed by atoms with Gasteiger partial charge in [-0.25, -0.2) is 8.42 Å². The Bertz CT molecular complexity index is 1410. The molecule has 0 spiro atoms. The molecule has 0 atom stereocenters. The van der Waals surface area contributed by atoms with Gasteiger partial charge in [0.15, 0.2) is 9.84 Å². The van der Waals surface area contributed by atoms with Crippen LogP contribution >= 0.6 is 0 Å². The number of aryl methyl sites for hydroxylation is 2. The predicted octanol–water partition coefficient (Wildman–Crippen LogP) is 3.32. The molecule has 0 radical (unpaired) electrons. The molecule has 0 aliphatic heterocycles. The number of benzene rings is 1. The number of aromatic nitrogens is 3.